The molecule has 1 saturated carbocycles. The first-order valence-electron chi connectivity index (χ1n) is 6.52. The van der Waals surface area contributed by atoms with Crippen molar-refractivity contribution in [3.8, 4) is 0 Å². The quantitative estimate of drug-likeness (QED) is 0.766. The Morgan fingerprint density at radius 1 is 1.18 bits per heavy atom. The van der Waals surface area contributed by atoms with Crippen LogP contribution in [0.4, 0.5) is 0 Å². The van der Waals surface area contributed by atoms with Crippen LogP contribution < -0.4 is 0 Å². The monoisotopic (exact) mass is 270 g/mol. The van der Waals surface area contributed by atoms with Gasteiger partial charge in [-0.05, 0) is 25.0 Å². The van der Waals surface area contributed by atoms with E-state index in [0.29, 0.717) is 18.1 Å². The fraction of sp³-hybridized carbons (Fsp3) is 0.643. The maximum absolute atomic E-state index is 12.2. The topological polar surface area (TPSA) is 17.1 Å². The molecule has 1 aliphatic carbocycles. The van der Waals surface area contributed by atoms with Crippen LogP contribution in [-0.2, 0) is 11.2 Å². The molecule has 1 aromatic heterocycles. The molecule has 0 amide bonds. The molecule has 94 valence electrons. The molecule has 1 aliphatic rings. The Hall–Kier alpha value is -0.340. The van der Waals surface area contributed by atoms with Crippen LogP contribution in [0, 0.1) is 5.92 Å². The number of Topliss-reactive ketones (excluding diaryl/α,β-unsaturated/α-hetero) is 1. The van der Waals surface area contributed by atoms with Crippen LogP contribution in [0.3, 0.4) is 0 Å². The minimum atomic E-state index is 0.302. The fourth-order valence-corrected chi connectivity index (χ4v) is 3.64. The number of rotatable bonds is 3. The summed E-state index contributed by atoms with van der Waals surface area (Å²) in [5.74, 6) is 0.724. The summed E-state index contributed by atoms with van der Waals surface area (Å²) in [7, 11) is 0. The zero-order valence-electron chi connectivity index (χ0n) is 10.1. The lowest BCUT2D eigenvalue weighted by Crippen LogP contribution is -2.17. The van der Waals surface area contributed by atoms with Gasteiger partial charge in [-0.15, -0.1) is 11.3 Å². The minimum absolute atomic E-state index is 0.302. The molecule has 1 nitrogen and oxygen atoms in total. The van der Waals surface area contributed by atoms with Crippen LogP contribution >= 0.6 is 22.9 Å². The molecule has 3 heteroatoms. The first kappa shape index (κ1) is 13.1. The van der Waals surface area contributed by atoms with Gasteiger partial charge in [-0.1, -0.05) is 43.7 Å². The molecule has 1 aromatic rings. The Bertz CT molecular complexity index is 364. The van der Waals surface area contributed by atoms with Gasteiger partial charge in [-0.2, -0.15) is 0 Å². The van der Waals surface area contributed by atoms with Crippen molar-refractivity contribution in [2.24, 2.45) is 5.92 Å². The Kier molecular flexibility index (Phi) is 5.05. The highest BCUT2D eigenvalue weighted by Gasteiger charge is 2.19. The van der Waals surface area contributed by atoms with Gasteiger partial charge in [0.05, 0.1) is 4.34 Å². The van der Waals surface area contributed by atoms with E-state index in [9.17, 15) is 4.79 Å². The molecule has 0 bridgehead atoms. The molecule has 0 aromatic carbocycles. The third-order valence-electron chi connectivity index (χ3n) is 3.54. The lowest BCUT2D eigenvalue weighted by Gasteiger charge is -2.18. The molecular weight excluding hydrogens is 252 g/mol. The van der Waals surface area contributed by atoms with Crippen LogP contribution in [-0.4, -0.2) is 5.78 Å². The third kappa shape index (κ3) is 4.11. The number of ketones is 1. The summed E-state index contributed by atoms with van der Waals surface area (Å²) in [6, 6.07) is 3.86. The van der Waals surface area contributed by atoms with Crippen molar-refractivity contribution in [2.45, 2.75) is 51.4 Å². The normalized spacial score (nSPS) is 18.6. The summed E-state index contributed by atoms with van der Waals surface area (Å²) in [6.07, 6.45) is 9.17. The number of thiophene rings is 1. The molecule has 0 unspecified atom stereocenters. The SMILES string of the molecule is O=C(Cc1ccc(Cl)s1)C1CCCCCCC1. The minimum Gasteiger partial charge on any atom is -0.299 e. The number of halogens is 1. The number of hydrogen-bond acceptors (Lipinski definition) is 2. The van der Waals surface area contributed by atoms with Gasteiger partial charge in [0.2, 0.25) is 0 Å². The van der Waals surface area contributed by atoms with E-state index < -0.39 is 0 Å². The van der Waals surface area contributed by atoms with Crippen LogP contribution in [0.25, 0.3) is 0 Å². The number of carbonyl (C=O) groups is 1. The van der Waals surface area contributed by atoms with E-state index in [2.05, 4.69) is 0 Å². The standard InChI is InChI=1S/C14H19ClOS/c15-14-9-8-12(17-14)10-13(16)11-6-4-2-1-3-5-7-11/h8-9,11H,1-7,10H2. The van der Waals surface area contributed by atoms with E-state index in [4.69, 9.17) is 11.6 Å². The zero-order valence-corrected chi connectivity index (χ0v) is 11.7. The van der Waals surface area contributed by atoms with Gasteiger partial charge >= 0.3 is 0 Å². The predicted octanol–water partition coefficient (Wildman–Crippen LogP) is 4.87. The maximum Gasteiger partial charge on any atom is 0.141 e. The van der Waals surface area contributed by atoms with Crippen LogP contribution in [0.15, 0.2) is 12.1 Å². The van der Waals surface area contributed by atoms with E-state index in [-0.39, 0.29) is 0 Å². The van der Waals surface area contributed by atoms with Crippen molar-refractivity contribution in [1.82, 2.24) is 0 Å². The van der Waals surface area contributed by atoms with Crippen molar-refractivity contribution in [1.29, 1.82) is 0 Å². The van der Waals surface area contributed by atoms with Gasteiger partial charge in [0.25, 0.3) is 0 Å². The second-order valence-corrected chi connectivity index (χ2v) is 6.69. The van der Waals surface area contributed by atoms with Crippen molar-refractivity contribution in [3.05, 3.63) is 21.3 Å². The summed E-state index contributed by atoms with van der Waals surface area (Å²) in [6.45, 7) is 0. The molecule has 1 fully saturated rings. The second kappa shape index (κ2) is 6.55. The summed E-state index contributed by atoms with van der Waals surface area (Å²) < 4.78 is 0.783. The van der Waals surface area contributed by atoms with E-state index in [1.165, 1.54) is 43.4 Å². The Morgan fingerprint density at radius 3 is 2.41 bits per heavy atom. The number of carbonyl (C=O) groups excluding carboxylic acids is 1. The van der Waals surface area contributed by atoms with E-state index >= 15 is 0 Å². The first-order valence-corrected chi connectivity index (χ1v) is 7.72. The highest BCUT2D eigenvalue weighted by atomic mass is 35.5. The Morgan fingerprint density at radius 2 is 1.82 bits per heavy atom. The number of hydrogen-bond donors (Lipinski definition) is 0. The van der Waals surface area contributed by atoms with Gasteiger partial charge < -0.3 is 0 Å². The van der Waals surface area contributed by atoms with Gasteiger partial charge in [-0.25, -0.2) is 0 Å². The van der Waals surface area contributed by atoms with Gasteiger partial charge in [0, 0.05) is 17.2 Å². The molecule has 0 saturated heterocycles. The van der Waals surface area contributed by atoms with Crippen LogP contribution in [0.2, 0.25) is 4.34 Å². The highest BCUT2D eigenvalue weighted by Crippen LogP contribution is 2.27. The summed E-state index contributed by atoms with van der Waals surface area (Å²) >= 11 is 7.42. The average Bonchev–Trinajstić information content (AvgIpc) is 2.63. The largest absolute Gasteiger partial charge is 0.299 e. The highest BCUT2D eigenvalue weighted by molar-refractivity contribution is 7.16. The molecule has 2 rings (SSSR count). The Balaban J connectivity index is 1.89. The van der Waals surface area contributed by atoms with Crippen molar-refractivity contribution >= 4 is 28.7 Å². The molecule has 0 aliphatic heterocycles. The molecule has 0 atom stereocenters. The molecular formula is C14H19ClOS. The Labute approximate surface area is 112 Å². The van der Waals surface area contributed by atoms with Gasteiger partial charge in [0.1, 0.15) is 5.78 Å². The molecule has 1 heterocycles. The van der Waals surface area contributed by atoms with Crippen molar-refractivity contribution < 1.29 is 4.79 Å². The first-order chi connectivity index (χ1) is 8.25. The molecule has 0 radical (unpaired) electrons. The van der Waals surface area contributed by atoms with Crippen LogP contribution in [0.1, 0.15) is 49.8 Å². The van der Waals surface area contributed by atoms with Crippen LogP contribution in [0.5, 0.6) is 0 Å². The summed E-state index contributed by atoms with van der Waals surface area (Å²) in [5.41, 5.74) is 0. The van der Waals surface area contributed by atoms with Crippen molar-refractivity contribution in [2.75, 3.05) is 0 Å². The van der Waals surface area contributed by atoms with E-state index in [0.717, 1.165) is 22.1 Å². The van der Waals surface area contributed by atoms with E-state index in [1.807, 2.05) is 12.1 Å². The lowest BCUT2D eigenvalue weighted by molar-refractivity contribution is -0.122. The molecule has 0 spiro atoms. The zero-order chi connectivity index (χ0) is 12.1. The molecule has 17 heavy (non-hydrogen) atoms. The molecule has 0 N–H and O–H groups in total. The summed E-state index contributed by atoms with van der Waals surface area (Å²) in [4.78, 5) is 13.3. The fourth-order valence-electron chi connectivity index (χ4n) is 2.54. The van der Waals surface area contributed by atoms with Gasteiger partial charge in [-0.3, -0.25) is 4.79 Å². The van der Waals surface area contributed by atoms with Gasteiger partial charge in [0.15, 0.2) is 0 Å². The van der Waals surface area contributed by atoms with Crippen molar-refractivity contribution in [3.63, 3.8) is 0 Å². The second-order valence-electron chi connectivity index (χ2n) is 4.89. The smallest absolute Gasteiger partial charge is 0.141 e. The third-order valence-corrected chi connectivity index (χ3v) is 4.77. The van der Waals surface area contributed by atoms with E-state index in [1.54, 1.807) is 0 Å². The summed E-state index contributed by atoms with van der Waals surface area (Å²) in [5, 5.41) is 0. The lowest BCUT2D eigenvalue weighted by atomic mass is 9.87. The predicted molar refractivity (Wildman–Crippen MR) is 73.8 cm³/mol. The maximum atomic E-state index is 12.2. The average molecular weight is 271 g/mol.